The molecule has 0 atom stereocenters. The molecule has 4 aliphatic rings. The average Bonchev–Trinajstić information content (AvgIpc) is 3.89. The van der Waals surface area contributed by atoms with Crippen molar-refractivity contribution in [1.82, 2.24) is 0 Å². The van der Waals surface area contributed by atoms with Gasteiger partial charge in [0.15, 0.2) is 0 Å². The molecule has 1 amide bonds. The lowest BCUT2D eigenvalue weighted by Gasteiger charge is -2.35. The number of hydrogen-bond acceptors (Lipinski definition) is 7. The van der Waals surface area contributed by atoms with Crippen LogP contribution in [-0.2, 0) is 0 Å². The first-order valence-corrected chi connectivity index (χ1v) is 15.8. The third kappa shape index (κ3) is 6.69. The van der Waals surface area contributed by atoms with Crippen molar-refractivity contribution in [2.75, 3.05) is 58.4 Å². The Labute approximate surface area is 245 Å². The normalized spacial score (nSPS) is 21.9. The number of carbonyl (C=O) groups excluding carboxylic acids is 1. The number of piperidine rings is 2. The molecule has 0 bridgehead atoms. The molecule has 7 nitrogen and oxygen atoms in total. The van der Waals surface area contributed by atoms with Crippen LogP contribution in [0.4, 0.5) is 31.5 Å². The fourth-order valence-corrected chi connectivity index (χ4v) is 6.36. The van der Waals surface area contributed by atoms with E-state index in [1.807, 2.05) is 41.3 Å². The maximum atomic E-state index is 13.9. The number of halogens is 2. The maximum Gasteiger partial charge on any atom is 0.257 e. The van der Waals surface area contributed by atoms with E-state index in [4.69, 9.17) is 9.84 Å². The quantitative estimate of drug-likeness (QED) is 0.216. The first kappa shape index (κ1) is 28.4. The van der Waals surface area contributed by atoms with Crippen molar-refractivity contribution >= 4 is 40.6 Å². The SMILES string of the molecule is CC1(Oc2ccc(NC(=O)c3ccc(NSCCO)cc3N3CCC4(CC3)CC4)cc2N2CCC(F)(F)CC2)CC1. The summed E-state index contributed by atoms with van der Waals surface area (Å²) in [4.78, 5) is 18.0. The molecular weight excluding hydrogens is 546 g/mol. The number of aliphatic hydroxyl groups is 1. The number of hydrogen-bond donors (Lipinski definition) is 3. The lowest BCUT2D eigenvalue weighted by atomic mass is 9.93. The van der Waals surface area contributed by atoms with E-state index < -0.39 is 5.92 Å². The van der Waals surface area contributed by atoms with Gasteiger partial charge in [-0.25, -0.2) is 8.78 Å². The number of nitrogens with one attached hydrogen (secondary N) is 2. The van der Waals surface area contributed by atoms with Crippen molar-refractivity contribution in [3.8, 4) is 5.75 Å². The van der Waals surface area contributed by atoms with Gasteiger partial charge < -0.3 is 29.7 Å². The summed E-state index contributed by atoms with van der Waals surface area (Å²) in [6.45, 7) is 4.46. The van der Waals surface area contributed by atoms with Crippen LogP contribution >= 0.6 is 11.9 Å². The summed E-state index contributed by atoms with van der Waals surface area (Å²) in [6, 6.07) is 11.3. The minimum atomic E-state index is -2.65. The molecule has 2 aromatic rings. The minimum absolute atomic E-state index is 0.0874. The second kappa shape index (κ2) is 11.2. The molecular formula is C31H40F2N4O3S. The molecule has 6 rings (SSSR count). The smallest absolute Gasteiger partial charge is 0.257 e. The summed E-state index contributed by atoms with van der Waals surface area (Å²) in [6.07, 6.45) is 6.44. The van der Waals surface area contributed by atoms with Gasteiger partial charge in [0.05, 0.1) is 23.5 Å². The summed E-state index contributed by atoms with van der Waals surface area (Å²) in [7, 11) is 0. The Kier molecular flexibility index (Phi) is 7.74. The van der Waals surface area contributed by atoms with Gasteiger partial charge in [-0.1, -0.05) is 11.9 Å². The summed E-state index contributed by atoms with van der Waals surface area (Å²) in [5, 5.41) is 12.2. The van der Waals surface area contributed by atoms with Gasteiger partial charge in [0.25, 0.3) is 11.8 Å². The molecule has 0 aromatic heterocycles. The molecule has 10 heteroatoms. The summed E-state index contributed by atoms with van der Waals surface area (Å²) < 4.78 is 37.4. The number of nitrogens with zero attached hydrogens (tertiary/aromatic N) is 2. The van der Waals surface area contributed by atoms with E-state index in [0.29, 0.717) is 28.2 Å². The molecule has 2 aromatic carbocycles. The van der Waals surface area contributed by atoms with Crippen LogP contribution in [0.25, 0.3) is 0 Å². The Morgan fingerprint density at radius 3 is 2.20 bits per heavy atom. The van der Waals surface area contributed by atoms with Crippen molar-refractivity contribution in [2.24, 2.45) is 5.41 Å². The van der Waals surface area contributed by atoms with Crippen molar-refractivity contribution in [1.29, 1.82) is 0 Å². The highest BCUT2D eigenvalue weighted by Crippen LogP contribution is 2.54. The molecule has 3 N–H and O–H groups in total. The van der Waals surface area contributed by atoms with Crippen LogP contribution in [0.1, 0.15) is 68.6 Å². The van der Waals surface area contributed by atoms with E-state index >= 15 is 0 Å². The number of anilines is 4. The number of benzene rings is 2. The van der Waals surface area contributed by atoms with E-state index in [-0.39, 0.29) is 44.0 Å². The van der Waals surface area contributed by atoms with E-state index in [2.05, 4.69) is 21.9 Å². The van der Waals surface area contributed by atoms with Gasteiger partial charge >= 0.3 is 0 Å². The Balaban J connectivity index is 1.24. The second-order valence-corrected chi connectivity index (χ2v) is 13.3. The highest BCUT2D eigenvalue weighted by molar-refractivity contribution is 8.00. The first-order valence-electron chi connectivity index (χ1n) is 14.8. The average molecular weight is 587 g/mol. The Morgan fingerprint density at radius 1 is 0.902 bits per heavy atom. The zero-order chi connectivity index (χ0) is 28.7. The topological polar surface area (TPSA) is 77.1 Å². The summed E-state index contributed by atoms with van der Waals surface area (Å²) in [5.41, 5.74) is 4.04. The van der Waals surface area contributed by atoms with Crippen LogP contribution < -0.4 is 24.6 Å². The van der Waals surface area contributed by atoms with Gasteiger partial charge in [0.1, 0.15) is 11.4 Å². The molecule has 2 aliphatic carbocycles. The van der Waals surface area contributed by atoms with Gasteiger partial charge in [-0.3, -0.25) is 4.79 Å². The Morgan fingerprint density at radius 2 is 1.54 bits per heavy atom. The Bertz CT molecular complexity index is 1260. The summed E-state index contributed by atoms with van der Waals surface area (Å²) >= 11 is 1.43. The molecule has 41 heavy (non-hydrogen) atoms. The van der Waals surface area contributed by atoms with Crippen LogP contribution in [0.3, 0.4) is 0 Å². The van der Waals surface area contributed by atoms with Crippen molar-refractivity contribution in [3.63, 3.8) is 0 Å². The third-order valence-electron chi connectivity index (χ3n) is 9.11. The fraction of sp³-hybridized carbons (Fsp3) is 0.581. The molecule has 2 heterocycles. The highest BCUT2D eigenvalue weighted by Gasteiger charge is 2.45. The summed E-state index contributed by atoms with van der Waals surface area (Å²) in [5.74, 6) is -1.61. The molecule has 2 saturated heterocycles. The molecule has 1 spiro atoms. The molecule has 0 radical (unpaired) electrons. The second-order valence-electron chi connectivity index (χ2n) is 12.4. The van der Waals surface area contributed by atoms with Crippen LogP contribution in [0.15, 0.2) is 36.4 Å². The zero-order valence-electron chi connectivity index (χ0n) is 23.7. The van der Waals surface area contributed by atoms with Crippen LogP contribution in [-0.4, -0.2) is 61.1 Å². The predicted molar refractivity (Wildman–Crippen MR) is 162 cm³/mol. The molecule has 2 aliphatic heterocycles. The van der Waals surface area contributed by atoms with Gasteiger partial charge in [-0.15, -0.1) is 0 Å². The molecule has 2 saturated carbocycles. The number of aliphatic hydroxyl groups excluding tert-OH is 1. The number of amides is 1. The van der Waals surface area contributed by atoms with Gasteiger partial charge in [0, 0.05) is 56.1 Å². The Hall–Kier alpha value is -2.72. The van der Waals surface area contributed by atoms with E-state index in [0.717, 1.165) is 55.8 Å². The third-order valence-corrected chi connectivity index (χ3v) is 9.88. The van der Waals surface area contributed by atoms with Gasteiger partial charge in [0.2, 0.25) is 0 Å². The number of carbonyl (C=O) groups is 1. The lowest BCUT2D eigenvalue weighted by Crippen LogP contribution is -2.39. The first-order chi connectivity index (χ1) is 19.7. The van der Waals surface area contributed by atoms with Crippen molar-refractivity contribution in [2.45, 2.75) is 69.8 Å². The number of alkyl halides is 2. The molecule has 0 unspecified atom stereocenters. The predicted octanol–water partition coefficient (Wildman–Crippen LogP) is 6.54. The zero-order valence-corrected chi connectivity index (χ0v) is 24.5. The molecule has 4 fully saturated rings. The van der Waals surface area contributed by atoms with Crippen LogP contribution in [0, 0.1) is 5.41 Å². The van der Waals surface area contributed by atoms with Crippen molar-refractivity contribution < 1.29 is 23.4 Å². The monoisotopic (exact) mass is 586 g/mol. The van der Waals surface area contributed by atoms with Crippen LogP contribution in [0.2, 0.25) is 0 Å². The fourth-order valence-electron chi connectivity index (χ4n) is 5.87. The molecule has 222 valence electrons. The van der Waals surface area contributed by atoms with Gasteiger partial charge in [-0.05, 0) is 87.3 Å². The number of ether oxygens (including phenoxy) is 1. The van der Waals surface area contributed by atoms with E-state index in [9.17, 15) is 13.6 Å². The van der Waals surface area contributed by atoms with E-state index in [1.165, 1.54) is 24.8 Å². The van der Waals surface area contributed by atoms with Crippen LogP contribution in [0.5, 0.6) is 5.75 Å². The highest BCUT2D eigenvalue weighted by atomic mass is 32.2. The standard InChI is InChI=1S/C31H40F2N4O3S/c1-29(6-7-29)40-27-5-3-22(20-26(27)37-16-12-31(32,33)13-17-37)34-28(39)24-4-2-23(35-41-19-18-38)21-25(24)36-14-10-30(8-9-30)11-15-36/h2-5,20-21,35,38H,6-19H2,1H3,(H,34,39). The number of rotatable bonds is 10. The van der Waals surface area contributed by atoms with E-state index in [1.54, 1.807) is 0 Å². The van der Waals surface area contributed by atoms with Gasteiger partial charge in [-0.2, -0.15) is 0 Å². The lowest BCUT2D eigenvalue weighted by molar-refractivity contribution is -0.0221. The maximum absolute atomic E-state index is 13.9. The minimum Gasteiger partial charge on any atom is -0.485 e. The van der Waals surface area contributed by atoms with Crippen molar-refractivity contribution in [3.05, 3.63) is 42.0 Å². The largest absolute Gasteiger partial charge is 0.485 e.